The average molecular weight is 328 g/mol. The quantitative estimate of drug-likeness (QED) is 0.862. The molecular weight excluding hydrogens is 314 g/mol. The van der Waals surface area contributed by atoms with Gasteiger partial charge in [0.1, 0.15) is 5.54 Å². The van der Waals surface area contributed by atoms with Gasteiger partial charge in [0.05, 0.1) is 17.3 Å². The zero-order valence-electron chi connectivity index (χ0n) is 12.3. The number of aromatic nitrogens is 1. The van der Waals surface area contributed by atoms with Crippen LogP contribution in [0.5, 0.6) is 0 Å². The van der Waals surface area contributed by atoms with Gasteiger partial charge in [-0.1, -0.05) is 35.9 Å². The molecule has 23 heavy (non-hydrogen) atoms. The van der Waals surface area contributed by atoms with Crippen LogP contribution in [0.2, 0.25) is 5.02 Å². The molecule has 2 aromatic rings. The van der Waals surface area contributed by atoms with Gasteiger partial charge in [0.25, 0.3) is 5.91 Å². The Morgan fingerprint density at radius 3 is 2.83 bits per heavy atom. The van der Waals surface area contributed by atoms with Gasteiger partial charge in [0.2, 0.25) is 0 Å². The van der Waals surface area contributed by atoms with Crippen LogP contribution in [0.15, 0.2) is 42.6 Å². The number of hydrogen-bond acceptors (Lipinski definition) is 3. The number of carbonyl (C=O) groups excluding carboxylic acids is 2. The number of imide groups is 1. The molecule has 4 rings (SSSR count). The first kappa shape index (κ1) is 14.2. The predicted octanol–water partition coefficient (Wildman–Crippen LogP) is 2.63. The van der Waals surface area contributed by atoms with E-state index < -0.39 is 5.54 Å². The maximum Gasteiger partial charge on any atom is 0.325 e. The van der Waals surface area contributed by atoms with E-state index in [1.165, 1.54) is 11.1 Å². The van der Waals surface area contributed by atoms with Gasteiger partial charge in [-0.3, -0.25) is 14.7 Å². The SMILES string of the molecule is O=C1N[C@]2(CCc3ccccc32)C(=O)N1Cc1ccc(Cl)cn1. The van der Waals surface area contributed by atoms with E-state index in [1.54, 1.807) is 12.1 Å². The minimum Gasteiger partial charge on any atom is -0.319 e. The third-order valence-electron chi connectivity index (χ3n) is 4.53. The van der Waals surface area contributed by atoms with E-state index in [4.69, 9.17) is 11.6 Å². The number of hydrogen-bond donors (Lipinski definition) is 1. The molecule has 0 bridgehead atoms. The number of halogens is 1. The van der Waals surface area contributed by atoms with Gasteiger partial charge in [-0.2, -0.15) is 0 Å². The summed E-state index contributed by atoms with van der Waals surface area (Å²) in [7, 11) is 0. The Morgan fingerprint density at radius 1 is 1.22 bits per heavy atom. The fraction of sp³-hybridized carbons (Fsp3) is 0.235. The first-order valence-corrected chi connectivity index (χ1v) is 7.81. The molecule has 1 fully saturated rings. The molecule has 1 spiro atoms. The highest BCUT2D eigenvalue weighted by atomic mass is 35.5. The lowest BCUT2D eigenvalue weighted by atomic mass is 9.92. The highest BCUT2D eigenvalue weighted by molar-refractivity contribution is 6.30. The third-order valence-corrected chi connectivity index (χ3v) is 4.75. The molecule has 0 unspecified atom stereocenters. The number of rotatable bonds is 2. The van der Waals surface area contributed by atoms with Crippen molar-refractivity contribution in [3.8, 4) is 0 Å². The van der Waals surface area contributed by atoms with Crippen molar-refractivity contribution in [3.05, 3.63) is 64.4 Å². The van der Waals surface area contributed by atoms with Crippen molar-refractivity contribution in [2.45, 2.75) is 24.9 Å². The number of fused-ring (bicyclic) bond motifs is 2. The zero-order chi connectivity index (χ0) is 16.0. The van der Waals surface area contributed by atoms with E-state index >= 15 is 0 Å². The minimum absolute atomic E-state index is 0.145. The summed E-state index contributed by atoms with van der Waals surface area (Å²) >= 11 is 5.82. The second kappa shape index (κ2) is 5.06. The maximum absolute atomic E-state index is 13.0. The summed E-state index contributed by atoms with van der Waals surface area (Å²) in [6.07, 6.45) is 2.90. The van der Waals surface area contributed by atoms with Crippen LogP contribution in [0, 0.1) is 0 Å². The lowest BCUT2D eigenvalue weighted by Gasteiger charge is -2.22. The molecule has 1 N–H and O–H groups in total. The Labute approximate surface area is 138 Å². The number of pyridine rings is 1. The number of urea groups is 1. The molecule has 1 aromatic carbocycles. The van der Waals surface area contributed by atoms with Gasteiger partial charge < -0.3 is 5.32 Å². The molecule has 116 valence electrons. The van der Waals surface area contributed by atoms with Crippen molar-refractivity contribution in [1.29, 1.82) is 0 Å². The van der Waals surface area contributed by atoms with Crippen molar-refractivity contribution in [3.63, 3.8) is 0 Å². The molecule has 1 aromatic heterocycles. The first-order chi connectivity index (χ1) is 11.1. The van der Waals surface area contributed by atoms with Crippen LogP contribution in [0.1, 0.15) is 23.2 Å². The fourth-order valence-electron chi connectivity index (χ4n) is 3.40. The number of nitrogens with zero attached hydrogens (tertiary/aromatic N) is 2. The van der Waals surface area contributed by atoms with E-state index in [1.807, 2.05) is 24.3 Å². The standard InChI is InChI=1S/C17H14ClN3O2/c18-12-5-6-13(19-9-12)10-21-15(22)17(20-16(21)23)8-7-11-3-1-2-4-14(11)17/h1-6,9H,7-8,10H2,(H,20,23)/t17-/m0/s1. The van der Waals surface area contributed by atoms with Gasteiger partial charge in [0, 0.05) is 6.20 Å². The topological polar surface area (TPSA) is 62.3 Å². The molecule has 1 aliphatic heterocycles. The first-order valence-electron chi connectivity index (χ1n) is 7.43. The Bertz CT molecular complexity index is 806. The van der Waals surface area contributed by atoms with Crippen LogP contribution in [0.3, 0.4) is 0 Å². The minimum atomic E-state index is -0.917. The van der Waals surface area contributed by atoms with Gasteiger partial charge in [0.15, 0.2) is 0 Å². The van der Waals surface area contributed by atoms with E-state index in [9.17, 15) is 9.59 Å². The number of aryl methyl sites for hydroxylation is 1. The van der Waals surface area contributed by atoms with Gasteiger partial charge in [-0.25, -0.2) is 4.79 Å². The monoisotopic (exact) mass is 327 g/mol. The predicted molar refractivity (Wildman–Crippen MR) is 84.8 cm³/mol. The number of nitrogens with one attached hydrogen (secondary N) is 1. The average Bonchev–Trinajstić information content (AvgIpc) is 3.04. The van der Waals surface area contributed by atoms with Crippen molar-refractivity contribution in [1.82, 2.24) is 15.2 Å². The third kappa shape index (κ3) is 2.11. The van der Waals surface area contributed by atoms with Crippen LogP contribution >= 0.6 is 11.6 Å². The Kier molecular flexibility index (Phi) is 3.13. The largest absolute Gasteiger partial charge is 0.325 e. The zero-order valence-corrected chi connectivity index (χ0v) is 13.0. The molecule has 0 radical (unpaired) electrons. The lowest BCUT2D eigenvalue weighted by molar-refractivity contribution is -0.132. The summed E-state index contributed by atoms with van der Waals surface area (Å²) in [6.45, 7) is 0.145. The molecule has 1 atom stereocenters. The van der Waals surface area contributed by atoms with Gasteiger partial charge in [-0.15, -0.1) is 0 Å². The Morgan fingerprint density at radius 2 is 2.04 bits per heavy atom. The van der Waals surface area contributed by atoms with Crippen molar-refractivity contribution in [2.24, 2.45) is 0 Å². The van der Waals surface area contributed by atoms with Crippen molar-refractivity contribution in [2.75, 3.05) is 0 Å². The van der Waals surface area contributed by atoms with Crippen LogP contribution in [0.4, 0.5) is 4.79 Å². The molecule has 2 heterocycles. The number of benzene rings is 1. The van der Waals surface area contributed by atoms with E-state index in [0.29, 0.717) is 17.1 Å². The summed E-state index contributed by atoms with van der Waals surface area (Å²) in [5, 5.41) is 3.42. The van der Waals surface area contributed by atoms with Crippen molar-refractivity contribution < 1.29 is 9.59 Å². The molecule has 0 saturated carbocycles. The number of amides is 3. The normalized spacial score (nSPS) is 22.6. The summed E-state index contributed by atoms with van der Waals surface area (Å²) in [6, 6.07) is 10.8. The molecule has 1 saturated heterocycles. The van der Waals surface area contributed by atoms with Gasteiger partial charge >= 0.3 is 6.03 Å². The molecule has 5 nitrogen and oxygen atoms in total. The van der Waals surface area contributed by atoms with Crippen molar-refractivity contribution >= 4 is 23.5 Å². The van der Waals surface area contributed by atoms with Crippen LogP contribution in [-0.2, 0) is 23.3 Å². The lowest BCUT2D eigenvalue weighted by Crippen LogP contribution is -2.41. The highest BCUT2D eigenvalue weighted by Crippen LogP contribution is 2.41. The molecule has 6 heteroatoms. The Hall–Kier alpha value is -2.40. The van der Waals surface area contributed by atoms with Crippen LogP contribution in [-0.4, -0.2) is 21.8 Å². The Balaban J connectivity index is 1.66. The maximum atomic E-state index is 13.0. The van der Waals surface area contributed by atoms with E-state index in [2.05, 4.69) is 10.3 Å². The molecule has 2 aliphatic rings. The van der Waals surface area contributed by atoms with Crippen LogP contribution < -0.4 is 5.32 Å². The summed E-state index contributed by atoms with van der Waals surface area (Å²) in [5.41, 5.74) is 1.74. The van der Waals surface area contributed by atoms with Gasteiger partial charge in [-0.05, 0) is 36.1 Å². The summed E-state index contributed by atoms with van der Waals surface area (Å²) in [4.78, 5) is 30.7. The van der Waals surface area contributed by atoms with Crippen LogP contribution in [0.25, 0.3) is 0 Å². The second-order valence-corrected chi connectivity index (χ2v) is 6.29. The fourth-order valence-corrected chi connectivity index (χ4v) is 3.51. The summed E-state index contributed by atoms with van der Waals surface area (Å²) < 4.78 is 0. The molecule has 3 amide bonds. The smallest absolute Gasteiger partial charge is 0.319 e. The summed E-state index contributed by atoms with van der Waals surface area (Å²) in [5.74, 6) is -0.204. The molecule has 1 aliphatic carbocycles. The van der Waals surface area contributed by atoms with E-state index in [0.717, 1.165) is 17.5 Å². The van der Waals surface area contributed by atoms with E-state index in [-0.39, 0.29) is 18.5 Å². The highest BCUT2D eigenvalue weighted by Gasteiger charge is 2.55. The number of carbonyl (C=O) groups is 2. The second-order valence-electron chi connectivity index (χ2n) is 5.85. The molecular formula is C17H14ClN3O2.